The van der Waals surface area contributed by atoms with E-state index in [9.17, 15) is 23.9 Å². The number of primary amides is 1. The van der Waals surface area contributed by atoms with Gasteiger partial charge in [-0.2, -0.15) is 0 Å². The minimum atomic E-state index is -1.07. The third-order valence-corrected chi connectivity index (χ3v) is 10.3. The number of ether oxygens (including phenoxy) is 1. The first-order chi connectivity index (χ1) is 18.2. The fourth-order valence-electron chi connectivity index (χ4n) is 8.39. The Hall–Kier alpha value is -2.68. The SMILES string of the molecule is NC(=O)C12CC3CC(CC(C3)C1OC(=O)C1CCN(C(=O)N3CCC(O)(c4ccc(F)cc4)CC3)CC1)C2. The molecule has 4 bridgehead atoms. The molecule has 3 unspecified atom stereocenters. The summed E-state index contributed by atoms with van der Waals surface area (Å²) in [5, 5.41) is 11.0. The number of halogens is 1. The van der Waals surface area contributed by atoms with Gasteiger partial charge in [-0.1, -0.05) is 12.1 Å². The van der Waals surface area contributed by atoms with Crippen molar-refractivity contribution in [3.05, 3.63) is 35.6 Å². The van der Waals surface area contributed by atoms with Crippen molar-refractivity contribution in [3.8, 4) is 0 Å². The Morgan fingerprint density at radius 2 is 1.50 bits per heavy atom. The second kappa shape index (κ2) is 9.50. The highest BCUT2D eigenvalue weighted by Crippen LogP contribution is 2.61. The minimum absolute atomic E-state index is 0.0771. The molecule has 7 rings (SSSR count). The molecule has 3 N–H and O–H groups in total. The van der Waals surface area contributed by atoms with E-state index in [1.165, 1.54) is 18.6 Å². The van der Waals surface area contributed by atoms with E-state index in [1.807, 2.05) is 0 Å². The summed E-state index contributed by atoms with van der Waals surface area (Å²) in [6.07, 6.45) is 6.12. The lowest BCUT2D eigenvalue weighted by molar-refractivity contribution is -0.199. The van der Waals surface area contributed by atoms with E-state index in [4.69, 9.17) is 10.5 Å². The van der Waals surface area contributed by atoms with Gasteiger partial charge in [-0.15, -0.1) is 0 Å². The Labute approximate surface area is 222 Å². The van der Waals surface area contributed by atoms with Gasteiger partial charge in [0.15, 0.2) is 0 Å². The lowest BCUT2D eigenvalue weighted by atomic mass is 9.48. The van der Waals surface area contributed by atoms with Gasteiger partial charge < -0.3 is 25.4 Å². The molecule has 8 nitrogen and oxygen atoms in total. The molecule has 4 aliphatic carbocycles. The molecule has 0 aromatic heterocycles. The summed E-state index contributed by atoms with van der Waals surface area (Å²) in [7, 11) is 0. The van der Waals surface area contributed by atoms with Crippen molar-refractivity contribution >= 4 is 17.9 Å². The van der Waals surface area contributed by atoms with E-state index in [0.29, 0.717) is 69.3 Å². The number of urea groups is 1. The fourth-order valence-corrected chi connectivity index (χ4v) is 8.39. The predicted molar refractivity (Wildman–Crippen MR) is 136 cm³/mol. The number of carbonyl (C=O) groups is 3. The van der Waals surface area contributed by atoms with E-state index in [-0.39, 0.29) is 35.6 Å². The second-order valence-electron chi connectivity index (χ2n) is 12.6. The van der Waals surface area contributed by atoms with Crippen LogP contribution in [-0.4, -0.2) is 65.1 Å². The van der Waals surface area contributed by atoms with Gasteiger partial charge in [0.1, 0.15) is 11.9 Å². The fraction of sp³-hybridized carbons (Fsp3) is 0.690. The molecule has 1 aromatic carbocycles. The number of likely N-dealkylation sites (tertiary alicyclic amines) is 2. The summed E-state index contributed by atoms with van der Waals surface area (Å²) >= 11 is 0. The Balaban J connectivity index is 1.02. The van der Waals surface area contributed by atoms with Gasteiger partial charge in [0.2, 0.25) is 5.91 Å². The summed E-state index contributed by atoms with van der Waals surface area (Å²) in [5.41, 5.74) is 4.80. The average molecular weight is 528 g/mol. The molecule has 1 aromatic rings. The molecular weight excluding hydrogens is 489 g/mol. The van der Waals surface area contributed by atoms with E-state index in [2.05, 4.69) is 0 Å². The van der Waals surface area contributed by atoms with Gasteiger partial charge in [0.25, 0.3) is 0 Å². The largest absolute Gasteiger partial charge is 0.461 e. The number of rotatable bonds is 4. The molecule has 2 aliphatic heterocycles. The lowest BCUT2D eigenvalue weighted by Crippen LogP contribution is -2.62. The van der Waals surface area contributed by atoms with Gasteiger partial charge in [-0.25, -0.2) is 9.18 Å². The molecule has 6 aliphatic rings. The summed E-state index contributed by atoms with van der Waals surface area (Å²) in [6, 6.07) is 5.82. The normalized spacial score (nSPS) is 34.3. The standard InChI is InChI=1S/C29H38FN3O5/c30-23-3-1-22(2-4-23)29(37)7-11-33(12-8-29)27(36)32-9-5-20(6-10-32)25(34)38-24-21-14-18-13-19(15-21)17-28(24,16-18)26(31)35/h1-4,18-21,24,37H,5-17H2,(H2,31,35). The maximum atomic E-state index is 13.3. The van der Waals surface area contributed by atoms with Crippen molar-refractivity contribution in [2.75, 3.05) is 26.2 Å². The molecule has 0 radical (unpaired) electrons. The molecule has 4 saturated carbocycles. The lowest BCUT2D eigenvalue weighted by Gasteiger charge is -2.58. The zero-order chi connectivity index (χ0) is 26.7. The van der Waals surface area contributed by atoms with Crippen molar-refractivity contribution in [3.63, 3.8) is 0 Å². The summed E-state index contributed by atoms with van der Waals surface area (Å²) < 4.78 is 19.4. The number of benzene rings is 1. The molecule has 3 atom stereocenters. The Morgan fingerprint density at radius 1 is 0.921 bits per heavy atom. The van der Waals surface area contributed by atoms with Crippen LogP contribution in [0.5, 0.6) is 0 Å². The molecule has 2 heterocycles. The van der Waals surface area contributed by atoms with Crippen LogP contribution >= 0.6 is 0 Å². The third-order valence-electron chi connectivity index (χ3n) is 10.3. The Kier molecular flexibility index (Phi) is 6.40. The first-order valence-corrected chi connectivity index (χ1v) is 14.2. The second-order valence-corrected chi connectivity index (χ2v) is 12.6. The average Bonchev–Trinajstić information content (AvgIpc) is 2.90. The maximum absolute atomic E-state index is 13.3. The zero-order valence-corrected chi connectivity index (χ0v) is 21.8. The summed E-state index contributed by atoms with van der Waals surface area (Å²) in [6.45, 7) is 1.76. The number of amides is 3. The van der Waals surface area contributed by atoms with Crippen LogP contribution in [0.15, 0.2) is 24.3 Å². The number of nitrogens with two attached hydrogens (primary N) is 1. The van der Waals surface area contributed by atoms with Crippen molar-refractivity contribution in [2.24, 2.45) is 34.8 Å². The van der Waals surface area contributed by atoms with Crippen molar-refractivity contribution < 1.29 is 28.6 Å². The predicted octanol–water partition coefficient (Wildman–Crippen LogP) is 3.16. The smallest absolute Gasteiger partial charge is 0.320 e. The molecule has 2 saturated heterocycles. The number of aliphatic hydroxyl groups is 1. The highest BCUT2D eigenvalue weighted by atomic mass is 19.1. The third kappa shape index (κ3) is 4.36. The van der Waals surface area contributed by atoms with Crippen molar-refractivity contribution in [2.45, 2.75) is 69.5 Å². The molecule has 9 heteroatoms. The van der Waals surface area contributed by atoms with Crippen LogP contribution in [-0.2, 0) is 19.9 Å². The number of hydrogen-bond acceptors (Lipinski definition) is 5. The van der Waals surface area contributed by atoms with Crippen molar-refractivity contribution in [1.82, 2.24) is 9.80 Å². The van der Waals surface area contributed by atoms with E-state index < -0.39 is 17.1 Å². The summed E-state index contributed by atoms with van der Waals surface area (Å²) in [4.78, 5) is 42.5. The molecule has 3 amide bonds. The zero-order valence-electron chi connectivity index (χ0n) is 21.8. The van der Waals surface area contributed by atoms with E-state index in [1.54, 1.807) is 21.9 Å². The van der Waals surface area contributed by atoms with Crippen LogP contribution in [0.3, 0.4) is 0 Å². The van der Waals surface area contributed by atoms with Gasteiger partial charge in [-0.05, 0) is 93.2 Å². The van der Waals surface area contributed by atoms with Crippen LogP contribution in [0.25, 0.3) is 0 Å². The monoisotopic (exact) mass is 527 g/mol. The quantitative estimate of drug-likeness (QED) is 0.584. The molecule has 38 heavy (non-hydrogen) atoms. The molecular formula is C29H38FN3O5. The summed E-state index contributed by atoms with van der Waals surface area (Å²) in [5.74, 6) is 0.0670. The minimum Gasteiger partial charge on any atom is -0.461 e. The van der Waals surface area contributed by atoms with Gasteiger partial charge >= 0.3 is 12.0 Å². The van der Waals surface area contributed by atoms with Crippen LogP contribution in [0.2, 0.25) is 0 Å². The van der Waals surface area contributed by atoms with Crippen LogP contribution in [0.1, 0.15) is 63.4 Å². The number of nitrogens with zero attached hydrogens (tertiary/aromatic N) is 2. The first kappa shape index (κ1) is 25.6. The van der Waals surface area contributed by atoms with E-state index in [0.717, 1.165) is 25.7 Å². The number of piperidine rings is 2. The topological polar surface area (TPSA) is 113 Å². The maximum Gasteiger partial charge on any atom is 0.320 e. The Morgan fingerprint density at radius 3 is 2.08 bits per heavy atom. The Bertz CT molecular complexity index is 1080. The number of hydrogen-bond donors (Lipinski definition) is 2. The van der Waals surface area contributed by atoms with Crippen LogP contribution in [0, 0.1) is 34.9 Å². The number of esters is 1. The van der Waals surface area contributed by atoms with Gasteiger partial charge in [0, 0.05) is 26.2 Å². The highest BCUT2D eigenvalue weighted by Gasteiger charge is 2.62. The van der Waals surface area contributed by atoms with Crippen LogP contribution < -0.4 is 5.73 Å². The van der Waals surface area contributed by atoms with Crippen LogP contribution in [0.4, 0.5) is 9.18 Å². The van der Waals surface area contributed by atoms with Gasteiger partial charge in [-0.3, -0.25) is 9.59 Å². The molecule has 0 spiro atoms. The van der Waals surface area contributed by atoms with E-state index >= 15 is 0 Å². The highest BCUT2D eigenvalue weighted by molar-refractivity contribution is 5.83. The first-order valence-electron chi connectivity index (χ1n) is 14.2. The van der Waals surface area contributed by atoms with Gasteiger partial charge in [0.05, 0.1) is 16.9 Å². The molecule has 206 valence electrons. The van der Waals surface area contributed by atoms with Crippen molar-refractivity contribution in [1.29, 1.82) is 0 Å². The molecule has 6 fully saturated rings. The number of carbonyl (C=O) groups excluding carboxylic acids is 3.